The third-order valence-corrected chi connectivity index (χ3v) is 2.77. The van der Waals surface area contributed by atoms with Crippen molar-refractivity contribution < 1.29 is 0 Å². The van der Waals surface area contributed by atoms with E-state index in [-0.39, 0.29) is 0 Å². The molecule has 0 aromatic heterocycles. The van der Waals surface area contributed by atoms with Crippen molar-refractivity contribution in [2.24, 2.45) is 0 Å². The maximum absolute atomic E-state index is 5.74. The van der Waals surface area contributed by atoms with Crippen molar-refractivity contribution in [2.75, 3.05) is 17.7 Å². The lowest BCUT2D eigenvalue weighted by Gasteiger charge is -2.05. The molecule has 1 aromatic rings. The Labute approximate surface area is 78.5 Å². The van der Waals surface area contributed by atoms with Gasteiger partial charge in [0.2, 0.25) is 0 Å². The summed E-state index contributed by atoms with van der Waals surface area (Å²) in [5, 5.41) is 0. The second-order valence-corrected chi connectivity index (χ2v) is 3.82. The van der Waals surface area contributed by atoms with Crippen LogP contribution in [0.3, 0.4) is 0 Å². The third kappa shape index (κ3) is 1.81. The standard InChI is InChI=1S/C7H9BrN2S/c1-11-6-3-4(9)2-5(8)7(6)10/h2-3H,9-10H2,1H3. The fourth-order valence-electron chi connectivity index (χ4n) is 0.781. The van der Waals surface area contributed by atoms with E-state index < -0.39 is 0 Å². The van der Waals surface area contributed by atoms with Gasteiger partial charge in [-0.3, -0.25) is 0 Å². The second-order valence-electron chi connectivity index (χ2n) is 2.12. The van der Waals surface area contributed by atoms with Crippen molar-refractivity contribution >= 4 is 39.1 Å². The molecule has 0 heterocycles. The lowest BCUT2D eigenvalue weighted by atomic mass is 10.3. The Morgan fingerprint density at radius 2 is 2.00 bits per heavy atom. The Bertz CT molecular complexity index is 275. The summed E-state index contributed by atoms with van der Waals surface area (Å²) in [5.74, 6) is 0. The Morgan fingerprint density at radius 3 is 2.55 bits per heavy atom. The van der Waals surface area contributed by atoms with Crippen LogP contribution in [0.2, 0.25) is 0 Å². The molecule has 0 saturated carbocycles. The van der Waals surface area contributed by atoms with Crippen molar-refractivity contribution in [3.8, 4) is 0 Å². The first-order valence-corrected chi connectivity index (χ1v) is 5.05. The van der Waals surface area contributed by atoms with E-state index in [1.54, 1.807) is 17.8 Å². The number of benzene rings is 1. The number of nitrogen functional groups attached to an aromatic ring is 2. The number of hydrogen-bond acceptors (Lipinski definition) is 3. The Morgan fingerprint density at radius 1 is 1.36 bits per heavy atom. The molecule has 0 saturated heterocycles. The maximum Gasteiger partial charge on any atom is 0.0598 e. The van der Waals surface area contributed by atoms with Gasteiger partial charge in [0.1, 0.15) is 0 Å². The molecule has 0 aliphatic heterocycles. The third-order valence-electron chi connectivity index (χ3n) is 1.33. The summed E-state index contributed by atoms with van der Waals surface area (Å²) in [4.78, 5) is 1.01. The Hall–Kier alpha value is -0.350. The summed E-state index contributed by atoms with van der Waals surface area (Å²) in [6.07, 6.45) is 1.97. The van der Waals surface area contributed by atoms with Crippen LogP contribution in [-0.2, 0) is 0 Å². The first-order valence-electron chi connectivity index (χ1n) is 3.03. The van der Waals surface area contributed by atoms with Gasteiger partial charge in [-0.25, -0.2) is 0 Å². The molecule has 0 unspecified atom stereocenters. The van der Waals surface area contributed by atoms with Gasteiger partial charge in [0.05, 0.1) is 5.69 Å². The van der Waals surface area contributed by atoms with Crippen LogP contribution in [0.25, 0.3) is 0 Å². The zero-order chi connectivity index (χ0) is 8.43. The van der Waals surface area contributed by atoms with Gasteiger partial charge in [0, 0.05) is 15.1 Å². The largest absolute Gasteiger partial charge is 0.399 e. The van der Waals surface area contributed by atoms with Crippen LogP contribution < -0.4 is 11.5 Å². The van der Waals surface area contributed by atoms with Crippen LogP contribution in [0.5, 0.6) is 0 Å². The highest BCUT2D eigenvalue weighted by Crippen LogP contribution is 2.32. The highest BCUT2D eigenvalue weighted by atomic mass is 79.9. The molecule has 0 bridgehead atoms. The van der Waals surface area contributed by atoms with Crippen molar-refractivity contribution in [1.29, 1.82) is 0 Å². The van der Waals surface area contributed by atoms with Gasteiger partial charge >= 0.3 is 0 Å². The predicted molar refractivity (Wildman–Crippen MR) is 54.7 cm³/mol. The summed E-state index contributed by atoms with van der Waals surface area (Å²) in [5.41, 5.74) is 12.8. The van der Waals surface area contributed by atoms with Gasteiger partial charge in [-0.2, -0.15) is 0 Å². The van der Waals surface area contributed by atoms with E-state index in [4.69, 9.17) is 11.5 Å². The van der Waals surface area contributed by atoms with Crippen LogP contribution in [0.15, 0.2) is 21.5 Å². The van der Waals surface area contributed by atoms with Gasteiger partial charge in [0.15, 0.2) is 0 Å². The van der Waals surface area contributed by atoms with Crippen LogP contribution in [0.1, 0.15) is 0 Å². The number of nitrogens with two attached hydrogens (primary N) is 2. The molecule has 0 aliphatic carbocycles. The summed E-state index contributed by atoms with van der Waals surface area (Å²) in [6, 6.07) is 3.67. The van der Waals surface area contributed by atoms with E-state index in [0.717, 1.165) is 20.7 Å². The molecule has 11 heavy (non-hydrogen) atoms. The predicted octanol–water partition coefficient (Wildman–Crippen LogP) is 2.34. The molecule has 0 aliphatic rings. The molecular formula is C7H9BrN2S. The SMILES string of the molecule is CSc1cc(N)cc(Br)c1N. The highest BCUT2D eigenvalue weighted by Gasteiger charge is 2.02. The fraction of sp³-hybridized carbons (Fsp3) is 0.143. The molecule has 0 spiro atoms. The number of hydrogen-bond donors (Lipinski definition) is 2. The van der Waals surface area contributed by atoms with E-state index in [1.165, 1.54) is 0 Å². The summed E-state index contributed by atoms with van der Waals surface area (Å²) in [7, 11) is 0. The lowest BCUT2D eigenvalue weighted by Crippen LogP contribution is -1.93. The monoisotopic (exact) mass is 232 g/mol. The Balaban J connectivity index is 3.24. The van der Waals surface area contributed by atoms with Crippen molar-refractivity contribution in [3.05, 3.63) is 16.6 Å². The molecule has 4 heteroatoms. The van der Waals surface area contributed by atoms with Crippen LogP contribution in [0.4, 0.5) is 11.4 Å². The summed E-state index contributed by atoms with van der Waals surface area (Å²) in [6.45, 7) is 0. The van der Waals surface area contributed by atoms with Gasteiger partial charge in [-0.05, 0) is 34.3 Å². The maximum atomic E-state index is 5.74. The molecule has 1 rings (SSSR count). The molecule has 0 atom stereocenters. The minimum atomic E-state index is 0.732. The van der Waals surface area contributed by atoms with Gasteiger partial charge in [0.25, 0.3) is 0 Å². The second kappa shape index (κ2) is 3.36. The molecule has 0 amide bonds. The van der Waals surface area contributed by atoms with E-state index in [9.17, 15) is 0 Å². The van der Waals surface area contributed by atoms with E-state index >= 15 is 0 Å². The fourth-order valence-corrected chi connectivity index (χ4v) is 1.97. The summed E-state index contributed by atoms with van der Waals surface area (Å²) < 4.78 is 0.863. The quantitative estimate of drug-likeness (QED) is 0.578. The highest BCUT2D eigenvalue weighted by molar-refractivity contribution is 9.10. The first kappa shape index (κ1) is 8.74. The van der Waals surface area contributed by atoms with Crippen molar-refractivity contribution in [2.45, 2.75) is 4.90 Å². The van der Waals surface area contributed by atoms with E-state index in [2.05, 4.69) is 15.9 Å². The smallest absolute Gasteiger partial charge is 0.0598 e. The van der Waals surface area contributed by atoms with Gasteiger partial charge in [-0.15, -0.1) is 11.8 Å². The molecule has 2 nitrogen and oxygen atoms in total. The first-order chi connectivity index (χ1) is 5.15. The molecular weight excluding hydrogens is 224 g/mol. The van der Waals surface area contributed by atoms with Crippen molar-refractivity contribution in [3.63, 3.8) is 0 Å². The lowest BCUT2D eigenvalue weighted by molar-refractivity contribution is 1.44. The average molecular weight is 233 g/mol. The normalized spacial score (nSPS) is 10.0. The molecule has 0 radical (unpaired) electrons. The Kier molecular flexibility index (Phi) is 2.67. The molecule has 60 valence electrons. The summed E-state index contributed by atoms with van der Waals surface area (Å²) >= 11 is 4.91. The van der Waals surface area contributed by atoms with Crippen molar-refractivity contribution in [1.82, 2.24) is 0 Å². The topological polar surface area (TPSA) is 52.0 Å². The minimum absolute atomic E-state index is 0.732. The number of halogens is 1. The number of thioether (sulfide) groups is 1. The average Bonchev–Trinajstić information content (AvgIpc) is 1.96. The number of anilines is 2. The minimum Gasteiger partial charge on any atom is -0.399 e. The van der Waals surface area contributed by atoms with Gasteiger partial charge in [-0.1, -0.05) is 0 Å². The van der Waals surface area contributed by atoms with Crippen LogP contribution in [0, 0.1) is 0 Å². The number of rotatable bonds is 1. The van der Waals surface area contributed by atoms with E-state index in [0.29, 0.717) is 0 Å². The van der Waals surface area contributed by atoms with Gasteiger partial charge < -0.3 is 11.5 Å². The molecule has 1 aromatic carbocycles. The zero-order valence-electron chi connectivity index (χ0n) is 6.10. The zero-order valence-corrected chi connectivity index (χ0v) is 8.50. The molecule has 0 fully saturated rings. The van der Waals surface area contributed by atoms with E-state index in [1.807, 2.05) is 12.3 Å². The van der Waals surface area contributed by atoms with Crippen LogP contribution >= 0.6 is 27.7 Å². The molecule has 4 N–H and O–H groups in total. The van der Waals surface area contributed by atoms with Crippen LogP contribution in [-0.4, -0.2) is 6.26 Å².